The third-order valence-electron chi connectivity index (χ3n) is 14.3. The average Bonchev–Trinajstić information content (AvgIpc) is 4.23. The van der Waals surface area contributed by atoms with Crippen LogP contribution in [-0.4, -0.2) is 142 Å². The lowest BCUT2D eigenvalue weighted by Gasteiger charge is -2.38. The van der Waals surface area contributed by atoms with Gasteiger partial charge in [0.05, 0.1) is 41.6 Å². The fourth-order valence-electron chi connectivity index (χ4n) is 10.3. The number of piperidine rings is 3. The van der Waals surface area contributed by atoms with Crippen LogP contribution in [0.1, 0.15) is 84.5 Å². The second-order valence-electron chi connectivity index (χ2n) is 18.9. The maximum absolute atomic E-state index is 15.9. The number of hydrogen-bond donors (Lipinski definition) is 1. The predicted octanol–water partition coefficient (Wildman–Crippen LogP) is 5.92. The molecule has 1 unspecified atom stereocenters. The lowest BCUT2D eigenvalue weighted by atomic mass is 9.90. The number of nitrogens with one attached hydrogen (secondary N) is 1. The Balaban J connectivity index is 0.647. The van der Waals surface area contributed by atoms with E-state index in [1.54, 1.807) is 52.3 Å². The number of carbonyl (C=O) groups excluding carboxylic acids is 3. The molecule has 10 rings (SSSR count). The van der Waals surface area contributed by atoms with Crippen molar-refractivity contribution in [2.45, 2.75) is 75.9 Å². The van der Waals surface area contributed by atoms with Crippen LogP contribution < -0.4 is 15.2 Å². The van der Waals surface area contributed by atoms with E-state index in [0.717, 1.165) is 84.1 Å². The normalized spacial score (nSPS) is 19.9. The van der Waals surface area contributed by atoms with Crippen molar-refractivity contribution in [3.63, 3.8) is 0 Å². The zero-order valence-electron chi connectivity index (χ0n) is 38.2. The Morgan fingerprint density at radius 1 is 0.750 bits per heavy atom. The molecule has 3 amide bonds. The summed E-state index contributed by atoms with van der Waals surface area (Å²) in [7, 11) is 0. The van der Waals surface area contributed by atoms with Crippen LogP contribution >= 0.6 is 0 Å². The van der Waals surface area contributed by atoms with Gasteiger partial charge in [-0.05, 0) is 86.8 Å². The number of aromatic nitrogens is 4. The number of carbonyl (C=O) groups is 3. The largest absolute Gasteiger partial charge is 0.452 e. The van der Waals surface area contributed by atoms with Crippen LogP contribution in [0.4, 0.5) is 14.6 Å². The highest BCUT2D eigenvalue weighted by Crippen LogP contribution is 2.37. The van der Waals surface area contributed by atoms with Crippen molar-refractivity contribution in [2.24, 2.45) is 5.92 Å². The summed E-state index contributed by atoms with van der Waals surface area (Å²) in [6, 6.07) is 18.7. The first-order valence-electron chi connectivity index (χ1n) is 24.2. The SMILES string of the molecule is O=C(CN1CCC(OC2CCN(c3cc(Oc4cccc(C5CCCN(C(=O)C6CC6)C5)c4F)cnn3)CC2)CC1)N1CCN(C(=O)c2cc(Cc3n[nH]c(=O)c4ccccc34)ccc2F)CC1. The molecule has 68 heavy (non-hydrogen) atoms. The third kappa shape index (κ3) is 10.2. The number of aromatic amines is 1. The van der Waals surface area contributed by atoms with Gasteiger partial charge in [0, 0.05) is 95.2 Å². The number of nitrogens with zero attached hydrogens (tertiary/aromatic N) is 8. The number of halogens is 2. The molecule has 15 nitrogen and oxygen atoms in total. The Labute approximate surface area is 393 Å². The number of piperazine rings is 1. The van der Waals surface area contributed by atoms with Gasteiger partial charge in [0.15, 0.2) is 23.1 Å². The average molecular weight is 930 g/mol. The van der Waals surface area contributed by atoms with E-state index in [-0.39, 0.29) is 52.7 Å². The van der Waals surface area contributed by atoms with Crippen molar-refractivity contribution in [1.82, 2.24) is 40.0 Å². The summed E-state index contributed by atoms with van der Waals surface area (Å²) >= 11 is 0. The summed E-state index contributed by atoms with van der Waals surface area (Å²) in [5, 5.41) is 16.5. The zero-order chi connectivity index (χ0) is 46.7. The van der Waals surface area contributed by atoms with Gasteiger partial charge in [0.2, 0.25) is 11.8 Å². The van der Waals surface area contributed by atoms with Gasteiger partial charge in [-0.25, -0.2) is 13.9 Å². The molecule has 1 aliphatic carbocycles. The molecule has 1 N–H and O–H groups in total. The lowest BCUT2D eigenvalue weighted by Crippen LogP contribution is -2.53. The van der Waals surface area contributed by atoms with Crippen molar-refractivity contribution in [3.05, 3.63) is 117 Å². The monoisotopic (exact) mass is 929 g/mol. The Kier molecular flexibility index (Phi) is 13.4. The molecule has 356 valence electrons. The van der Waals surface area contributed by atoms with E-state index in [1.807, 2.05) is 23.1 Å². The Hall–Kier alpha value is -6.33. The van der Waals surface area contributed by atoms with E-state index in [1.165, 1.54) is 12.3 Å². The van der Waals surface area contributed by atoms with Gasteiger partial charge in [-0.3, -0.25) is 24.1 Å². The Morgan fingerprint density at radius 2 is 1.49 bits per heavy atom. The number of fused-ring (bicyclic) bond motifs is 1. The van der Waals surface area contributed by atoms with Crippen molar-refractivity contribution >= 4 is 34.3 Å². The minimum absolute atomic E-state index is 0.0162. The van der Waals surface area contributed by atoms with Gasteiger partial charge in [0.1, 0.15) is 5.82 Å². The van der Waals surface area contributed by atoms with E-state index < -0.39 is 17.5 Å². The first kappa shape index (κ1) is 45.5. The molecule has 0 radical (unpaired) electrons. The van der Waals surface area contributed by atoms with Gasteiger partial charge >= 0.3 is 0 Å². The first-order valence-corrected chi connectivity index (χ1v) is 24.2. The van der Waals surface area contributed by atoms with E-state index in [9.17, 15) is 19.2 Å². The minimum Gasteiger partial charge on any atom is -0.452 e. The molecule has 5 aliphatic rings. The molecule has 5 aromatic rings. The molecule has 0 spiro atoms. The Bertz CT molecular complexity index is 2710. The van der Waals surface area contributed by atoms with Crippen LogP contribution in [0.2, 0.25) is 0 Å². The van der Waals surface area contributed by atoms with E-state index >= 15 is 8.78 Å². The maximum Gasteiger partial charge on any atom is 0.272 e. The van der Waals surface area contributed by atoms with Crippen LogP contribution in [0.3, 0.4) is 0 Å². The van der Waals surface area contributed by atoms with E-state index in [0.29, 0.717) is 84.9 Å². The molecule has 2 aromatic heterocycles. The summed E-state index contributed by atoms with van der Waals surface area (Å²) in [4.78, 5) is 61.6. The number of benzene rings is 3. The number of anilines is 1. The van der Waals surface area contributed by atoms with Gasteiger partial charge in [0.25, 0.3) is 11.5 Å². The molecule has 1 atom stereocenters. The molecule has 4 saturated heterocycles. The first-order chi connectivity index (χ1) is 33.1. The smallest absolute Gasteiger partial charge is 0.272 e. The summed E-state index contributed by atoms with van der Waals surface area (Å²) in [5.41, 5.74) is 1.58. The summed E-state index contributed by atoms with van der Waals surface area (Å²) < 4.78 is 43.6. The fraction of sp³-hybridized carbons (Fsp3) is 0.471. The van der Waals surface area contributed by atoms with Crippen LogP contribution in [-0.2, 0) is 20.7 Å². The third-order valence-corrected chi connectivity index (χ3v) is 14.3. The summed E-state index contributed by atoms with van der Waals surface area (Å²) in [6.45, 7) is 5.88. The van der Waals surface area contributed by atoms with Gasteiger partial charge < -0.3 is 29.1 Å². The molecule has 3 aromatic carbocycles. The molecular weight excluding hydrogens is 873 g/mol. The highest BCUT2D eigenvalue weighted by Gasteiger charge is 2.37. The van der Waals surface area contributed by atoms with Gasteiger partial charge in [-0.1, -0.05) is 36.4 Å². The number of likely N-dealkylation sites (tertiary alicyclic amines) is 2. The standard InChI is InChI=1S/C51H57F2N9O6/c52-43-13-10-33(28-44-40-6-1-2-7-41(40)49(64)57-55-44)27-42(43)51(66)61-25-23-60(24-26-61)47(63)32-58-19-14-36(15-20-58)67-37-16-21-59(22-17-37)46-29-38(30-54-56-46)68-45-9-3-8-39(48(45)53)35-5-4-18-62(31-35)50(65)34-11-12-34/h1-3,6-10,13,27,29-30,34-37H,4-5,11-12,14-26,28,31-32H2,(H,57,64). The molecule has 5 fully saturated rings. The quantitative estimate of drug-likeness (QED) is 0.158. The molecule has 6 heterocycles. The van der Waals surface area contributed by atoms with Crippen molar-refractivity contribution < 1.29 is 32.6 Å². The zero-order valence-corrected chi connectivity index (χ0v) is 38.2. The van der Waals surface area contributed by atoms with Crippen LogP contribution in [0.5, 0.6) is 11.5 Å². The Morgan fingerprint density at radius 3 is 2.25 bits per heavy atom. The number of amides is 3. The van der Waals surface area contributed by atoms with Crippen molar-refractivity contribution in [2.75, 3.05) is 76.9 Å². The number of rotatable bonds is 12. The van der Waals surface area contributed by atoms with Crippen molar-refractivity contribution in [3.8, 4) is 11.5 Å². The highest BCUT2D eigenvalue weighted by molar-refractivity contribution is 5.95. The van der Waals surface area contributed by atoms with Crippen LogP contribution in [0.15, 0.2) is 77.7 Å². The van der Waals surface area contributed by atoms with Gasteiger partial charge in [-0.15, -0.1) is 5.10 Å². The predicted molar refractivity (Wildman–Crippen MR) is 250 cm³/mol. The van der Waals surface area contributed by atoms with E-state index in [2.05, 4.69) is 30.2 Å². The summed E-state index contributed by atoms with van der Waals surface area (Å²) in [5.74, 6) is 0.0727. The molecule has 0 bridgehead atoms. The lowest BCUT2D eigenvalue weighted by molar-refractivity contribution is -0.135. The number of hydrogen-bond acceptors (Lipinski definition) is 11. The second-order valence-corrected chi connectivity index (χ2v) is 18.9. The fourth-order valence-corrected chi connectivity index (χ4v) is 10.3. The van der Waals surface area contributed by atoms with E-state index in [4.69, 9.17) is 9.47 Å². The highest BCUT2D eigenvalue weighted by atomic mass is 19.1. The molecule has 1 saturated carbocycles. The second kappa shape index (κ2) is 20.1. The number of ether oxygens (including phenoxy) is 2. The molecule has 17 heteroatoms. The van der Waals surface area contributed by atoms with Crippen molar-refractivity contribution in [1.29, 1.82) is 0 Å². The maximum atomic E-state index is 15.9. The topological polar surface area (TPSA) is 157 Å². The summed E-state index contributed by atoms with van der Waals surface area (Å²) in [6.07, 6.45) is 8.91. The van der Waals surface area contributed by atoms with Crippen LogP contribution in [0.25, 0.3) is 10.8 Å². The van der Waals surface area contributed by atoms with Crippen LogP contribution in [0, 0.1) is 17.6 Å². The van der Waals surface area contributed by atoms with Gasteiger partial charge in [-0.2, -0.15) is 10.2 Å². The number of H-pyrrole nitrogens is 1. The minimum atomic E-state index is -0.610. The molecular formula is C51H57F2N9O6. The molecule has 4 aliphatic heterocycles.